The number of hydrogen-bond donors (Lipinski definition) is 2. The topological polar surface area (TPSA) is 66.4 Å². The maximum Gasteiger partial charge on any atom is 0.303 e. The summed E-state index contributed by atoms with van der Waals surface area (Å²) in [5.41, 5.74) is 0.988. The van der Waals surface area contributed by atoms with E-state index in [1.54, 1.807) is 23.9 Å². The zero-order valence-corrected chi connectivity index (χ0v) is 14.5. The van der Waals surface area contributed by atoms with Gasteiger partial charge in [-0.25, -0.2) is 4.39 Å². The van der Waals surface area contributed by atoms with Gasteiger partial charge in [-0.05, 0) is 54.8 Å². The molecule has 132 valence electrons. The molecule has 0 radical (unpaired) electrons. The van der Waals surface area contributed by atoms with Crippen molar-refractivity contribution in [3.8, 4) is 0 Å². The standard InChI is InChI=1S/C19H20FNO3S/c20-15-7-11-17(12-8-15)25-16-9-5-14(6-10-16)13-21-18(22)3-1-2-4-19(23)24/h5-12H,1-4,13H2,(H,21,22)(H,23,24). The molecule has 0 fully saturated rings. The quantitative estimate of drug-likeness (QED) is 0.656. The number of rotatable bonds is 9. The third-order valence-corrected chi connectivity index (χ3v) is 4.52. The highest BCUT2D eigenvalue weighted by Gasteiger charge is 2.04. The molecule has 1 amide bonds. The first-order valence-electron chi connectivity index (χ1n) is 8.04. The summed E-state index contributed by atoms with van der Waals surface area (Å²) in [5.74, 6) is -1.16. The molecule has 6 heteroatoms. The summed E-state index contributed by atoms with van der Waals surface area (Å²) in [6, 6.07) is 14.1. The van der Waals surface area contributed by atoms with Gasteiger partial charge in [0.25, 0.3) is 0 Å². The summed E-state index contributed by atoms with van der Waals surface area (Å²) in [5, 5.41) is 11.4. The van der Waals surface area contributed by atoms with Crippen molar-refractivity contribution in [1.82, 2.24) is 5.32 Å². The van der Waals surface area contributed by atoms with Crippen LogP contribution in [-0.2, 0) is 16.1 Å². The summed E-state index contributed by atoms with van der Waals surface area (Å²) in [4.78, 5) is 24.1. The van der Waals surface area contributed by atoms with Gasteiger partial charge in [0.1, 0.15) is 5.82 Å². The van der Waals surface area contributed by atoms with Crippen molar-refractivity contribution in [3.05, 3.63) is 59.9 Å². The largest absolute Gasteiger partial charge is 0.481 e. The monoisotopic (exact) mass is 361 g/mol. The average molecular weight is 361 g/mol. The smallest absolute Gasteiger partial charge is 0.303 e. The van der Waals surface area contributed by atoms with Gasteiger partial charge in [0.2, 0.25) is 5.91 Å². The predicted octanol–water partition coefficient (Wildman–Crippen LogP) is 4.24. The van der Waals surface area contributed by atoms with E-state index in [1.807, 2.05) is 24.3 Å². The third-order valence-electron chi connectivity index (χ3n) is 3.51. The van der Waals surface area contributed by atoms with Gasteiger partial charge in [0, 0.05) is 29.2 Å². The maximum absolute atomic E-state index is 12.9. The molecule has 4 nitrogen and oxygen atoms in total. The number of carboxylic acids is 1. The average Bonchev–Trinajstić information content (AvgIpc) is 2.60. The van der Waals surface area contributed by atoms with Crippen molar-refractivity contribution in [2.75, 3.05) is 0 Å². The molecule has 0 unspecified atom stereocenters. The minimum atomic E-state index is -0.834. The van der Waals surface area contributed by atoms with E-state index in [1.165, 1.54) is 12.1 Å². The number of halogens is 1. The lowest BCUT2D eigenvalue weighted by atomic mass is 10.2. The molecular weight excluding hydrogens is 341 g/mol. The van der Waals surface area contributed by atoms with Gasteiger partial charge in [-0.15, -0.1) is 0 Å². The molecule has 2 aromatic carbocycles. The van der Waals surface area contributed by atoms with Gasteiger partial charge >= 0.3 is 5.97 Å². The number of carbonyl (C=O) groups is 2. The summed E-state index contributed by atoms with van der Waals surface area (Å²) >= 11 is 1.54. The second-order valence-corrected chi connectivity index (χ2v) is 6.72. The van der Waals surface area contributed by atoms with E-state index in [0.717, 1.165) is 15.4 Å². The highest BCUT2D eigenvalue weighted by Crippen LogP contribution is 2.27. The fourth-order valence-corrected chi connectivity index (χ4v) is 2.98. The number of amides is 1. The number of carboxylic acid groups (broad SMARTS) is 1. The van der Waals surface area contributed by atoms with Crippen molar-refractivity contribution in [2.45, 2.75) is 42.0 Å². The fourth-order valence-electron chi connectivity index (χ4n) is 2.16. The van der Waals surface area contributed by atoms with Crippen LogP contribution in [0.3, 0.4) is 0 Å². The zero-order valence-electron chi connectivity index (χ0n) is 13.7. The number of carbonyl (C=O) groups excluding carboxylic acids is 1. The van der Waals surface area contributed by atoms with E-state index in [0.29, 0.717) is 25.8 Å². The lowest BCUT2D eigenvalue weighted by Gasteiger charge is -2.07. The number of unbranched alkanes of at least 4 members (excludes halogenated alkanes) is 1. The summed E-state index contributed by atoms with van der Waals surface area (Å²) in [6.07, 6.45) is 1.52. The SMILES string of the molecule is O=C(O)CCCCC(=O)NCc1ccc(Sc2ccc(F)cc2)cc1. The van der Waals surface area contributed by atoms with Gasteiger partial charge in [-0.1, -0.05) is 23.9 Å². The van der Waals surface area contributed by atoms with Gasteiger partial charge in [-0.3, -0.25) is 9.59 Å². The van der Waals surface area contributed by atoms with Crippen LogP contribution in [0.5, 0.6) is 0 Å². The molecule has 0 bridgehead atoms. The molecule has 0 aliphatic heterocycles. The number of aliphatic carboxylic acids is 1. The Bertz CT molecular complexity index is 702. The minimum absolute atomic E-state index is 0.0739. The van der Waals surface area contributed by atoms with Crippen molar-refractivity contribution in [1.29, 1.82) is 0 Å². The number of benzene rings is 2. The Morgan fingerprint density at radius 3 is 2.08 bits per heavy atom. The van der Waals surface area contributed by atoms with E-state index >= 15 is 0 Å². The fraction of sp³-hybridized carbons (Fsp3) is 0.263. The number of hydrogen-bond acceptors (Lipinski definition) is 3. The molecule has 2 aromatic rings. The van der Waals surface area contributed by atoms with Crippen LogP contribution < -0.4 is 5.32 Å². The Morgan fingerprint density at radius 1 is 0.920 bits per heavy atom. The van der Waals surface area contributed by atoms with Crippen LogP contribution in [0.25, 0.3) is 0 Å². The number of nitrogens with one attached hydrogen (secondary N) is 1. The Balaban J connectivity index is 1.73. The molecule has 0 aliphatic carbocycles. The van der Waals surface area contributed by atoms with Crippen molar-refractivity contribution in [2.24, 2.45) is 0 Å². The van der Waals surface area contributed by atoms with Crippen LogP contribution in [-0.4, -0.2) is 17.0 Å². The molecule has 2 rings (SSSR count). The summed E-state index contributed by atoms with van der Waals surface area (Å²) < 4.78 is 12.9. The van der Waals surface area contributed by atoms with Crippen molar-refractivity contribution >= 4 is 23.6 Å². The molecule has 0 aromatic heterocycles. The zero-order chi connectivity index (χ0) is 18.1. The Hall–Kier alpha value is -2.34. The second kappa shape index (κ2) is 9.84. The van der Waals surface area contributed by atoms with Crippen molar-refractivity contribution in [3.63, 3.8) is 0 Å². The van der Waals surface area contributed by atoms with E-state index < -0.39 is 5.97 Å². The van der Waals surface area contributed by atoms with Crippen molar-refractivity contribution < 1.29 is 19.1 Å². The molecule has 0 spiro atoms. The lowest BCUT2D eigenvalue weighted by Crippen LogP contribution is -2.22. The minimum Gasteiger partial charge on any atom is -0.481 e. The van der Waals surface area contributed by atoms with Gasteiger partial charge in [0.05, 0.1) is 0 Å². The first-order chi connectivity index (χ1) is 12.0. The highest BCUT2D eigenvalue weighted by atomic mass is 32.2. The lowest BCUT2D eigenvalue weighted by molar-refractivity contribution is -0.137. The van der Waals surface area contributed by atoms with Gasteiger partial charge in [0.15, 0.2) is 0 Å². The molecule has 0 atom stereocenters. The van der Waals surface area contributed by atoms with Gasteiger partial charge < -0.3 is 10.4 Å². The van der Waals surface area contributed by atoms with Crippen LogP contribution >= 0.6 is 11.8 Å². The molecule has 0 heterocycles. The Morgan fingerprint density at radius 2 is 1.48 bits per heavy atom. The van der Waals surface area contributed by atoms with E-state index in [-0.39, 0.29) is 18.1 Å². The molecule has 0 aliphatic rings. The van der Waals surface area contributed by atoms with Crippen LogP contribution in [0.15, 0.2) is 58.3 Å². The highest BCUT2D eigenvalue weighted by molar-refractivity contribution is 7.99. The van der Waals surface area contributed by atoms with E-state index in [4.69, 9.17) is 5.11 Å². The Kier molecular flexibility index (Phi) is 7.47. The molecule has 25 heavy (non-hydrogen) atoms. The third kappa shape index (κ3) is 7.39. The Labute approximate surface area is 150 Å². The molecular formula is C19H20FNO3S. The van der Waals surface area contributed by atoms with Crippen LogP contribution in [0.1, 0.15) is 31.2 Å². The van der Waals surface area contributed by atoms with E-state index in [9.17, 15) is 14.0 Å². The summed E-state index contributed by atoms with van der Waals surface area (Å²) in [7, 11) is 0. The normalized spacial score (nSPS) is 10.4. The first-order valence-corrected chi connectivity index (χ1v) is 8.85. The predicted molar refractivity (Wildman–Crippen MR) is 94.9 cm³/mol. The van der Waals surface area contributed by atoms with Crippen LogP contribution in [0.2, 0.25) is 0 Å². The van der Waals surface area contributed by atoms with Crippen LogP contribution in [0.4, 0.5) is 4.39 Å². The van der Waals surface area contributed by atoms with Gasteiger partial charge in [-0.2, -0.15) is 0 Å². The molecule has 2 N–H and O–H groups in total. The van der Waals surface area contributed by atoms with Crippen LogP contribution in [0, 0.1) is 5.82 Å². The second-order valence-electron chi connectivity index (χ2n) is 5.58. The first kappa shape index (κ1) is 19.0. The maximum atomic E-state index is 12.9. The molecule has 0 saturated heterocycles. The summed E-state index contributed by atoms with van der Waals surface area (Å²) in [6.45, 7) is 0.444. The van der Waals surface area contributed by atoms with E-state index in [2.05, 4.69) is 5.32 Å². The molecule has 0 saturated carbocycles.